The molecule has 4 unspecified atom stereocenters. The van der Waals surface area contributed by atoms with Crippen molar-refractivity contribution < 1.29 is 14.6 Å². The molecule has 0 spiro atoms. The van der Waals surface area contributed by atoms with Crippen molar-refractivity contribution in [2.45, 2.75) is 50.7 Å². The van der Waals surface area contributed by atoms with E-state index in [4.69, 9.17) is 4.74 Å². The molecule has 0 bridgehead atoms. The summed E-state index contributed by atoms with van der Waals surface area (Å²) < 4.78 is 5.29. The number of phenols is 1. The van der Waals surface area contributed by atoms with Gasteiger partial charge in [-0.2, -0.15) is 0 Å². The highest BCUT2D eigenvalue weighted by Crippen LogP contribution is 2.48. The van der Waals surface area contributed by atoms with Crippen molar-refractivity contribution >= 4 is 5.91 Å². The number of phenolic OH excluding ortho intramolecular Hbond substituents is 1. The van der Waals surface area contributed by atoms with Crippen molar-refractivity contribution in [1.82, 2.24) is 15.8 Å². The van der Waals surface area contributed by atoms with Crippen LogP contribution in [0.2, 0.25) is 0 Å². The van der Waals surface area contributed by atoms with Crippen molar-refractivity contribution in [2.24, 2.45) is 5.92 Å². The topological polar surface area (TPSA) is 73.8 Å². The molecule has 36 heavy (non-hydrogen) atoms. The predicted octanol–water partition coefficient (Wildman–Crippen LogP) is 4.66. The van der Waals surface area contributed by atoms with Crippen LogP contribution >= 0.6 is 0 Å². The van der Waals surface area contributed by atoms with Crippen LogP contribution < -0.4 is 15.6 Å². The first-order valence-corrected chi connectivity index (χ1v) is 12.6. The molecule has 3 aromatic carbocycles. The summed E-state index contributed by atoms with van der Waals surface area (Å²) in [5, 5.41) is 10.6. The predicted molar refractivity (Wildman–Crippen MR) is 141 cm³/mol. The number of ether oxygens (including phenoxy) is 1. The minimum Gasteiger partial charge on any atom is -0.508 e. The summed E-state index contributed by atoms with van der Waals surface area (Å²) in [5.41, 5.74) is 11.0. The standard InChI is InChI=1S/C30H35N3O3/c1-30(2,3)21-13-11-20(12-14-21)28-25-26(23-7-5-6-8-24(23)34)31-32-27(25)29(35)33(28)18-17-19-9-15-22(36-4)16-10-19/h5-16,25-28,31-32,34H,17-18H2,1-4H3. The summed E-state index contributed by atoms with van der Waals surface area (Å²) in [6.45, 7) is 7.23. The number of carbonyl (C=O) groups excluding carboxylic acids is 1. The smallest absolute Gasteiger partial charge is 0.242 e. The van der Waals surface area contributed by atoms with E-state index < -0.39 is 0 Å². The molecule has 6 heteroatoms. The minimum absolute atomic E-state index is 0.0510. The van der Waals surface area contributed by atoms with Gasteiger partial charge in [0, 0.05) is 18.0 Å². The summed E-state index contributed by atoms with van der Waals surface area (Å²) in [5.74, 6) is 1.08. The summed E-state index contributed by atoms with van der Waals surface area (Å²) in [4.78, 5) is 15.7. The van der Waals surface area contributed by atoms with E-state index >= 15 is 0 Å². The highest BCUT2D eigenvalue weighted by Gasteiger charge is 2.55. The second-order valence-electron chi connectivity index (χ2n) is 10.8. The Kier molecular flexibility index (Phi) is 6.49. The lowest BCUT2D eigenvalue weighted by Crippen LogP contribution is -2.42. The maximum atomic E-state index is 13.7. The van der Waals surface area contributed by atoms with Crippen LogP contribution in [-0.2, 0) is 16.6 Å². The van der Waals surface area contributed by atoms with E-state index in [9.17, 15) is 9.90 Å². The number of para-hydroxylation sites is 1. The van der Waals surface area contributed by atoms with Gasteiger partial charge in [-0.3, -0.25) is 4.79 Å². The Bertz CT molecular complexity index is 1220. The third-order valence-corrected chi connectivity index (χ3v) is 7.60. The number of hydrogen-bond acceptors (Lipinski definition) is 5. The molecule has 0 radical (unpaired) electrons. The number of rotatable bonds is 6. The molecule has 188 valence electrons. The first-order valence-electron chi connectivity index (χ1n) is 12.6. The van der Waals surface area contributed by atoms with E-state index in [2.05, 4.69) is 68.0 Å². The number of hydrogen-bond donors (Lipinski definition) is 3. The quantitative estimate of drug-likeness (QED) is 0.474. The maximum Gasteiger partial charge on any atom is 0.242 e. The number of likely N-dealkylation sites (tertiary alicyclic amines) is 1. The lowest BCUT2D eigenvalue weighted by Gasteiger charge is -2.32. The Morgan fingerprint density at radius 2 is 1.58 bits per heavy atom. The third kappa shape index (κ3) is 4.47. The maximum absolute atomic E-state index is 13.7. The van der Waals surface area contributed by atoms with Gasteiger partial charge in [0.2, 0.25) is 5.91 Å². The molecule has 2 fully saturated rings. The number of carbonyl (C=O) groups is 1. The Morgan fingerprint density at radius 3 is 2.22 bits per heavy atom. The van der Waals surface area contributed by atoms with Crippen LogP contribution in [0.4, 0.5) is 0 Å². The van der Waals surface area contributed by atoms with Crippen LogP contribution in [0.5, 0.6) is 11.5 Å². The second kappa shape index (κ2) is 9.60. The molecular formula is C30H35N3O3. The second-order valence-corrected chi connectivity index (χ2v) is 10.8. The van der Waals surface area contributed by atoms with E-state index in [1.54, 1.807) is 13.2 Å². The first kappa shape index (κ1) is 24.3. The van der Waals surface area contributed by atoms with E-state index in [0.29, 0.717) is 6.54 Å². The Morgan fingerprint density at radius 1 is 0.917 bits per heavy atom. The van der Waals surface area contributed by atoms with Gasteiger partial charge in [-0.15, -0.1) is 0 Å². The van der Waals surface area contributed by atoms with Crippen LogP contribution in [0.25, 0.3) is 0 Å². The molecule has 2 aliphatic rings. The number of amides is 1. The van der Waals surface area contributed by atoms with E-state index in [1.807, 2.05) is 35.2 Å². The van der Waals surface area contributed by atoms with E-state index in [1.165, 1.54) is 5.56 Å². The molecule has 2 aliphatic heterocycles. The molecule has 2 heterocycles. The number of benzene rings is 3. The SMILES string of the molecule is COc1ccc(CCN2C(=O)C3NNC(c4ccccc4O)C3C2c2ccc(C(C)(C)C)cc2)cc1. The van der Waals surface area contributed by atoms with Crippen LogP contribution in [-0.4, -0.2) is 35.6 Å². The molecular weight excluding hydrogens is 450 g/mol. The van der Waals surface area contributed by atoms with Gasteiger partial charge < -0.3 is 14.7 Å². The number of aromatic hydroxyl groups is 1. The summed E-state index contributed by atoms with van der Waals surface area (Å²) in [6.07, 6.45) is 0.750. The average Bonchev–Trinajstić information content (AvgIpc) is 3.41. The van der Waals surface area contributed by atoms with E-state index in [-0.39, 0.29) is 41.1 Å². The zero-order chi connectivity index (χ0) is 25.4. The molecule has 5 rings (SSSR count). The van der Waals surface area contributed by atoms with Gasteiger partial charge in [-0.05, 0) is 46.7 Å². The fourth-order valence-corrected chi connectivity index (χ4v) is 5.59. The zero-order valence-corrected chi connectivity index (χ0v) is 21.4. The van der Waals surface area contributed by atoms with Crippen molar-refractivity contribution in [3.8, 4) is 11.5 Å². The molecule has 3 N–H and O–H groups in total. The van der Waals surface area contributed by atoms with E-state index in [0.717, 1.165) is 28.9 Å². The molecule has 2 saturated heterocycles. The number of fused-ring (bicyclic) bond motifs is 1. The molecule has 6 nitrogen and oxygen atoms in total. The molecule has 0 aliphatic carbocycles. The molecule has 1 amide bonds. The van der Waals surface area contributed by atoms with Crippen molar-refractivity contribution in [3.63, 3.8) is 0 Å². The monoisotopic (exact) mass is 485 g/mol. The number of methoxy groups -OCH3 is 1. The third-order valence-electron chi connectivity index (χ3n) is 7.60. The van der Waals surface area contributed by atoms with Crippen molar-refractivity contribution in [1.29, 1.82) is 0 Å². The van der Waals surface area contributed by atoms with Crippen LogP contribution in [0.1, 0.15) is 55.1 Å². The van der Waals surface area contributed by atoms with Gasteiger partial charge in [0.15, 0.2) is 0 Å². The first-order chi connectivity index (χ1) is 17.3. The Labute approximate surface area is 213 Å². The molecule has 4 atom stereocenters. The van der Waals surface area contributed by atoms with Gasteiger partial charge in [0.1, 0.15) is 17.5 Å². The fraction of sp³-hybridized carbons (Fsp3) is 0.367. The average molecular weight is 486 g/mol. The van der Waals surface area contributed by atoms with Gasteiger partial charge in [0.05, 0.1) is 19.2 Å². The molecule has 0 saturated carbocycles. The van der Waals surface area contributed by atoms with Crippen LogP contribution in [0, 0.1) is 5.92 Å². The Balaban J connectivity index is 1.49. The van der Waals surface area contributed by atoms with Crippen LogP contribution in [0.15, 0.2) is 72.8 Å². The van der Waals surface area contributed by atoms with Gasteiger partial charge >= 0.3 is 0 Å². The lowest BCUT2D eigenvalue weighted by atomic mass is 9.81. The minimum atomic E-state index is -0.363. The normalized spacial score (nSPS) is 23.7. The zero-order valence-electron chi connectivity index (χ0n) is 21.4. The summed E-state index contributed by atoms with van der Waals surface area (Å²) in [6, 6.07) is 23.4. The molecule has 3 aromatic rings. The van der Waals surface area contributed by atoms with Crippen LogP contribution in [0.3, 0.4) is 0 Å². The number of hydrazine groups is 1. The number of nitrogens with zero attached hydrogens (tertiary/aromatic N) is 1. The van der Waals surface area contributed by atoms with Gasteiger partial charge in [0.25, 0.3) is 0 Å². The Hall–Kier alpha value is -3.35. The van der Waals surface area contributed by atoms with Crippen molar-refractivity contribution in [2.75, 3.05) is 13.7 Å². The fourth-order valence-electron chi connectivity index (χ4n) is 5.59. The summed E-state index contributed by atoms with van der Waals surface area (Å²) >= 11 is 0. The van der Waals surface area contributed by atoms with Crippen molar-refractivity contribution in [3.05, 3.63) is 95.1 Å². The highest BCUT2D eigenvalue weighted by molar-refractivity contribution is 5.86. The highest BCUT2D eigenvalue weighted by atomic mass is 16.5. The van der Waals surface area contributed by atoms with Gasteiger partial charge in [-0.1, -0.05) is 75.4 Å². The molecule has 0 aromatic heterocycles. The number of nitrogens with one attached hydrogen (secondary N) is 2. The summed E-state index contributed by atoms with van der Waals surface area (Å²) in [7, 11) is 1.66. The largest absolute Gasteiger partial charge is 0.508 e. The lowest BCUT2D eigenvalue weighted by molar-refractivity contribution is -0.130. The van der Waals surface area contributed by atoms with Gasteiger partial charge in [-0.25, -0.2) is 10.9 Å².